The molecule has 1 heterocycles. The van der Waals surface area contributed by atoms with Crippen molar-refractivity contribution in [2.75, 3.05) is 0 Å². The second-order valence-electron chi connectivity index (χ2n) is 3.49. The summed E-state index contributed by atoms with van der Waals surface area (Å²) in [4.78, 5) is 7.33. The van der Waals surface area contributed by atoms with Crippen LogP contribution in [-0.4, -0.2) is 16.0 Å². The lowest BCUT2D eigenvalue weighted by Gasteiger charge is -2.09. The van der Waals surface area contributed by atoms with E-state index in [1.807, 2.05) is 0 Å². The summed E-state index contributed by atoms with van der Waals surface area (Å²) in [5.41, 5.74) is 4.86. The maximum Gasteiger partial charge on any atom is 0.433 e. The van der Waals surface area contributed by atoms with Crippen molar-refractivity contribution in [3.05, 3.63) is 23.3 Å². The monoisotopic (exact) mass is 219 g/mol. The minimum Gasteiger partial charge on any atom is -0.328 e. The highest BCUT2D eigenvalue weighted by molar-refractivity contribution is 5.13. The topological polar surface area (TPSA) is 51.8 Å². The van der Waals surface area contributed by atoms with Crippen LogP contribution in [0.3, 0.4) is 0 Å². The van der Waals surface area contributed by atoms with Gasteiger partial charge >= 0.3 is 6.18 Å². The van der Waals surface area contributed by atoms with Gasteiger partial charge in [0.05, 0.1) is 0 Å². The molecule has 0 amide bonds. The molecule has 0 aromatic carbocycles. The van der Waals surface area contributed by atoms with Gasteiger partial charge in [0.1, 0.15) is 11.5 Å². The van der Waals surface area contributed by atoms with Crippen molar-refractivity contribution >= 4 is 0 Å². The van der Waals surface area contributed by atoms with Gasteiger partial charge in [0.15, 0.2) is 0 Å². The predicted molar refractivity (Wildman–Crippen MR) is 49.1 cm³/mol. The number of rotatable bonds is 2. The predicted octanol–water partition coefficient (Wildman–Crippen LogP) is 1.69. The minimum absolute atomic E-state index is 0.136. The van der Waals surface area contributed by atoms with Gasteiger partial charge in [0.25, 0.3) is 0 Å². The number of aryl methyl sites for hydroxylation is 1. The smallest absolute Gasteiger partial charge is 0.328 e. The van der Waals surface area contributed by atoms with Crippen molar-refractivity contribution in [1.82, 2.24) is 9.97 Å². The average Bonchev–Trinajstić information content (AvgIpc) is 1.99. The summed E-state index contributed by atoms with van der Waals surface area (Å²) >= 11 is 0. The zero-order valence-corrected chi connectivity index (χ0v) is 8.47. The fourth-order valence-corrected chi connectivity index (χ4v) is 1.15. The first-order chi connectivity index (χ1) is 6.79. The van der Waals surface area contributed by atoms with E-state index < -0.39 is 11.9 Å². The van der Waals surface area contributed by atoms with Gasteiger partial charge in [0, 0.05) is 18.2 Å². The minimum atomic E-state index is -4.43. The van der Waals surface area contributed by atoms with Crippen LogP contribution in [0.2, 0.25) is 0 Å². The van der Waals surface area contributed by atoms with E-state index in [1.54, 1.807) is 6.92 Å². The molecule has 1 aromatic heterocycles. The van der Waals surface area contributed by atoms with E-state index in [2.05, 4.69) is 9.97 Å². The van der Waals surface area contributed by atoms with Crippen LogP contribution in [0.25, 0.3) is 0 Å². The van der Waals surface area contributed by atoms with Crippen LogP contribution in [0.4, 0.5) is 13.2 Å². The normalized spacial score (nSPS) is 14.0. The summed E-state index contributed by atoms with van der Waals surface area (Å²) < 4.78 is 37.1. The molecule has 0 radical (unpaired) electrons. The summed E-state index contributed by atoms with van der Waals surface area (Å²) in [6.45, 7) is 3.19. The SMILES string of the molecule is Cc1cc(C(F)(F)F)nc(CC(C)N)n1. The molecule has 15 heavy (non-hydrogen) atoms. The first kappa shape index (κ1) is 11.9. The largest absolute Gasteiger partial charge is 0.433 e. The van der Waals surface area contributed by atoms with Gasteiger partial charge < -0.3 is 5.73 Å². The van der Waals surface area contributed by atoms with Gasteiger partial charge in [0.2, 0.25) is 0 Å². The van der Waals surface area contributed by atoms with Crippen LogP contribution in [0.1, 0.15) is 24.1 Å². The number of hydrogen-bond acceptors (Lipinski definition) is 3. The zero-order chi connectivity index (χ0) is 11.6. The quantitative estimate of drug-likeness (QED) is 0.823. The van der Waals surface area contributed by atoms with E-state index in [-0.39, 0.29) is 18.3 Å². The molecule has 0 saturated carbocycles. The van der Waals surface area contributed by atoms with E-state index in [0.717, 1.165) is 6.07 Å². The van der Waals surface area contributed by atoms with Crippen LogP contribution < -0.4 is 5.73 Å². The third-order valence-electron chi connectivity index (χ3n) is 1.70. The molecular formula is C9H12F3N3. The Balaban J connectivity index is 3.06. The van der Waals surface area contributed by atoms with Gasteiger partial charge in [-0.2, -0.15) is 13.2 Å². The van der Waals surface area contributed by atoms with E-state index in [0.29, 0.717) is 5.69 Å². The van der Waals surface area contributed by atoms with Crippen LogP contribution in [-0.2, 0) is 12.6 Å². The highest BCUT2D eigenvalue weighted by atomic mass is 19.4. The summed E-state index contributed by atoms with van der Waals surface area (Å²) in [5.74, 6) is 0.136. The number of alkyl halides is 3. The first-order valence-electron chi connectivity index (χ1n) is 4.46. The third kappa shape index (κ3) is 3.47. The average molecular weight is 219 g/mol. The number of aromatic nitrogens is 2. The standard InChI is InChI=1S/C9H12F3N3/c1-5(13)3-8-14-6(2)4-7(15-8)9(10,11)12/h4-5H,3,13H2,1-2H3. The maximum absolute atomic E-state index is 12.4. The highest BCUT2D eigenvalue weighted by Gasteiger charge is 2.33. The summed E-state index contributed by atoms with van der Waals surface area (Å²) in [6.07, 6.45) is -4.19. The van der Waals surface area contributed by atoms with Crippen molar-refractivity contribution in [3.63, 3.8) is 0 Å². The molecule has 0 fully saturated rings. The van der Waals surface area contributed by atoms with E-state index in [1.165, 1.54) is 6.92 Å². The Morgan fingerprint density at radius 1 is 1.40 bits per heavy atom. The van der Waals surface area contributed by atoms with E-state index >= 15 is 0 Å². The molecule has 1 unspecified atom stereocenters. The molecule has 1 rings (SSSR count). The first-order valence-corrected chi connectivity index (χ1v) is 4.46. The second-order valence-corrected chi connectivity index (χ2v) is 3.49. The lowest BCUT2D eigenvalue weighted by molar-refractivity contribution is -0.141. The molecule has 0 spiro atoms. The van der Waals surface area contributed by atoms with Gasteiger partial charge in [-0.3, -0.25) is 0 Å². The fraction of sp³-hybridized carbons (Fsp3) is 0.556. The Morgan fingerprint density at radius 3 is 2.47 bits per heavy atom. The second kappa shape index (κ2) is 4.14. The summed E-state index contributed by atoms with van der Waals surface area (Å²) in [5, 5.41) is 0. The molecule has 0 aliphatic carbocycles. The number of halogens is 3. The highest BCUT2D eigenvalue weighted by Crippen LogP contribution is 2.27. The van der Waals surface area contributed by atoms with Crippen LogP contribution >= 0.6 is 0 Å². The van der Waals surface area contributed by atoms with Crippen molar-refractivity contribution < 1.29 is 13.2 Å². The number of nitrogens with zero attached hydrogens (tertiary/aromatic N) is 2. The van der Waals surface area contributed by atoms with E-state index in [9.17, 15) is 13.2 Å². The van der Waals surface area contributed by atoms with Crippen molar-refractivity contribution in [3.8, 4) is 0 Å². The zero-order valence-electron chi connectivity index (χ0n) is 8.47. The maximum atomic E-state index is 12.4. The molecular weight excluding hydrogens is 207 g/mol. The van der Waals surface area contributed by atoms with Crippen molar-refractivity contribution in [2.24, 2.45) is 5.73 Å². The number of hydrogen-bond donors (Lipinski definition) is 1. The Morgan fingerprint density at radius 2 is 2.00 bits per heavy atom. The molecule has 3 nitrogen and oxygen atoms in total. The van der Waals surface area contributed by atoms with Crippen molar-refractivity contribution in [1.29, 1.82) is 0 Å². The molecule has 0 aliphatic heterocycles. The van der Waals surface area contributed by atoms with Gasteiger partial charge in [-0.25, -0.2) is 9.97 Å². The Labute approximate surface area is 85.5 Å². The van der Waals surface area contributed by atoms with Crippen LogP contribution in [0.5, 0.6) is 0 Å². The fourth-order valence-electron chi connectivity index (χ4n) is 1.15. The molecule has 84 valence electrons. The molecule has 2 N–H and O–H groups in total. The molecule has 0 bridgehead atoms. The van der Waals surface area contributed by atoms with Crippen LogP contribution in [0.15, 0.2) is 6.07 Å². The molecule has 6 heteroatoms. The van der Waals surface area contributed by atoms with E-state index in [4.69, 9.17) is 5.73 Å². The third-order valence-corrected chi connectivity index (χ3v) is 1.70. The van der Waals surface area contributed by atoms with Gasteiger partial charge in [-0.1, -0.05) is 0 Å². The molecule has 1 aromatic rings. The lowest BCUT2D eigenvalue weighted by Crippen LogP contribution is -2.21. The van der Waals surface area contributed by atoms with Gasteiger partial charge in [-0.05, 0) is 19.9 Å². The lowest BCUT2D eigenvalue weighted by atomic mass is 10.2. The van der Waals surface area contributed by atoms with Gasteiger partial charge in [-0.15, -0.1) is 0 Å². The van der Waals surface area contributed by atoms with Crippen molar-refractivity contribution in [2.45, 2.75) is 32.5 Å². The number of nitrogens with two attached hydrogens (primary N) is 1. The Bertz CT molecular complexity index is 347. The summed E-state index contributed by atoms with van der Waals surface area (Å²) in [7, 11) is 0. The molecule has 0 aliphatic rings. The molecule has 0 saturated heterocycles. The summed E-state index contributed by atoms with van der Waals surface area (Å²) in [6, 6.07) is 0.665. The Kier molecular flexibility index (Phi) is 3.28. The van der Waals surface area contributed by atoms with Crippen LogP contribution in [0, 0.1) is 6.92 Å². The Hall–Kier alpha value is -1.17. The molecule has 1 atom stereocenters.